The molecule has 0 aliphatic carbocycles. The van der Waals surface area contributed by atoms with E-state index >= 15 is 0 Å². The van der Waals surface area contributed by atoms with Crippen molar-refractivity contribution in [2.75, 3.05) is 0 Å². The number of benzene rings is 1. The van der Waals surface area contributed by atoms with E-state index in [9.17, 15) is 23.1 Å². The number of hydrogen-bond donors (Lipinski definition) is 3. The van der Waals surface area contributed by atoms with Crippen LogP contribution in [0.25, 0.3) is 5.76 Å². The van der Waals surface area contributed by atoms with Crippen LogP contribution in [-0.2, 0) is 19.4 Å². The molecule has 2 aromatic rings. The van der Waals surface area contributed by atoms with Gasteiger partial charge in [-0.1, -0.05) is 11.6 Å². The minimum Gasteiger partial charge on any atom is -0.506 e. The highest BCUT2D eigenvalue weighted by Crippen LogP contribution is 2.27. The van der Waals surface area contributed by atoms with Gasteiger partial charge in [-0.05, 0) is 30.3 Å². The average molecular weight is 356 g/mol. The molecule has 23 heavy (non-hydrogen) atoms. The van der Waals surface area contributed by atoms with Crippen molar-refractivity contribution in [3.63, 3.8) is 0 Å². The Morgan fingerprint density at radius 3 is 2.26 bits per heavy atom. The Labute approximate surface area is 135 Å². The van der Waals surface area contributed by atoms with E-state index in [2.05, 4.69) is 4.98 Å². The lowest BCUT2D eigenvalue weighted by Crippen LogP contribution is -2.10. The Morgan fingerprint density at radius 1 is 1.09 bits per heavy atom. The van der Waals surface area contributed by atoms with E-state index in [0.717, 1.165) is 0 Å². The molecule has 120 valence electrons. The summed E-state index contributed by atoms with van der Waals surface area (Å²) >= 11 is 5.71. The van der Waals surface area contributed by atoms with E-state index in [-0.39, 0.29) is 15.5 Å². The van der Waals surface area contributed by atoms with E-state index in [0.29, 0.717) is 11.1 Å². The Balaban J connectivity index is 2.51. The topological polar surface area (TPSA) is 125 Å². The van der Waals surface area contributed by atoms with Crippen LogP contribution in [0.15, 0.2) is 52.4 Å². The first-order chi connectivity index (χ1) is 10.7. The third-order valence-electron chi connectivity index (χ3n) is 2.86. The number of hydrogen-bond acceptors (Lipinski definition) is 5. The van der Waals surface area contributed by atoms with Crippen molar-refractivity contribution in [2.24, 2.45) is 0 Å². The first-order valence-corrected chi connectivity index (χ1v) is 7.96. The van der Waals surface area contributed by atoms with E-state index in [1.54, 1.807) is 0 Å². The monoisotopic (exact) mass is 355 g/mol. The number of aromatic nitrogens is 1. The molecule has 1 aromatic carbocycles. The van der Waals surface area contributed by atoms with Gasteiger partial charge in [0.15, 0.2) is 0 Å². The van der Waals surface area contributed by atoms with Gasteiger partial charge in [0.2, 0.25) is 9.84 Å². The lowest BCUT2D eigenvalue weighted by Gasteiger charge is -2.06. The predicted octanol–water partition coefficient (Wildman–Crippen LogP) is 2.05. The largest absolute Gasteiger partial charge is 0.506 e. The Kier molecular flexibility index (Phi) is 4.57. The molecule has 0 amide bonds. The van der Waals surface area contributed by atoms with Gasteiger partial charge in [-0.2, -0.15) is 0 Å². The molecule has 0 aliphatic rings. The van der Waals surface area contributed by atoms with Gasteiger partial charge in [-0.25, -0.2) is 13.2 Å². The molecule has 0 aliphatic heterocycles. The van der Waals surface area contributed by atoms with Gasteiger partial charge < -0.3 is 15.2 Å². The minimum atomic E-state index is -3.99. The summed E-state index contributed by atoms with van der Waals surface area (Å²) in [7, 11) is -3.99. The van der Waals surface area contributed by atoms with Crippen LogP contribution in [0.4, 0.5) is 0 Å². The molecule has 0 fully saturated rings. The molecule has 0 saturated carbocycles. The minimum absolute atomic E-state index is 0.0693. The van der Waals surface area contributed by atoms with Crippen LogP contribution in [0.2, 0.25) is 5.02 Å². The number of carboxylic acids is 1. The third-order valence-corrected chi connectivity index (χ3v) is 4.92. The van der Waals surface area contributed by atoms with Crippen LogP contribution in [0.1, 0.15) is 5.69 Å². The van der Waals surface area contributed by atoms with Crippen molar-refractivity contribution in [2.45, 2.75) is 9.79 Å². The third kappa shape index (κ3) is 3.43. The molecule has 9 heteroatoms. The highest BCUT2D eigenvalue weighted by Gasteiger charge is 2.24. The SMILES string of the molecule is O=C(O)C(=O)C=C(O)c1[nH]ccc1S(=O)(=O)c1ccc(Cl)cc1. The number of carbonyl (C=O) groups is 2. The number of aliphatic carboxylic acids is 1. The molecule has 0 bridgehead atoms. The quantitative estimate of drug-likeness (QED) is 0.428. The molecule has 7 nitrogen and oxygen atoms in total. The van der Waals surface area contributed by atoms with Crippen LogP contribution >= 0.6 is 11.6 Å². The fourth-order valence-corrected chi connectivity index (χ4v) is 3.33. The zero-order chi connectivity index (χ0) is 17.2. The van der Waals surface area contributed by atoms with Gasteiger partial charge in [-0.15, -0.1) is 0 Å². The number of aliphatic hydroxyl groups is 1. The Bertz CT molecular complexity index is 896. The highest BCUT2D eigenvalue weighted by molar-refractivity contribution is 7.91. The van der Waals surface area contributed by atoms with Gasteiger partial charge >= 0.3 is 5.97 Å². The zero-order valence-electron chi connectivity index (χ0n) is 11.4. The Morgan fingerprint density at radius 2 is 1.70 bits per heavy atom. The molecular weight excluding hydrogens is 346 g/mol. The Hall–Kier alpha value is -2.58. The second-order valence-electron chi connectivity index (χ2n) is 4.37. The maximum Gasteiger partial charge on any atom is 0.376 e. The van der Waals surface area contributed by atoms with E-state index in [4.69, 9.17) is 16.7 Å². The lowest BCUT2D eigenvalue weighted by molar-refractivity contribution is -0.146. The summed E-state index contributed by atoms with van der Waals surface area (Å²) in [5, 5.41) is 18.7. The molecular formula is C14H10ClNO6S. The number of rotatable bonds is 5. The number of aromatic amines is 1. The zero-order valence-corrected chi connectivity index (χ0v) is 12.9. The second-order valence-corrected chi connectivity index (χ2v) is 6.73. The first-order valence-electron chi connectivity index (χ1n) is 6.10. The van der Waals surface area contributed by atoms with Crippen molar-refractivity contribution in [1.82, 2.24) is 4.98 Å². The normalized spacial score (nSPS) is 12.1. The second kappa shape index (κ2) is 6.27. The van der Waals surface area contributed by atoms with Gasteiger partial charge in [0.25, 0.3) is 5.78 Å². The van der Waals surface area contributed by atoms with Crippen LogP contribution < -0.4 is 0 Å². The van der Waals surface area contributed by atoms with E-state index in [1.165, 1.54) is 36.5 Å². The van der Waals surface area contributed by atoms with Gasteiger partial charge in [0.05, 0.1) is 10.6 Å². The maximum atomic E-state index is 12.5. The average Bonchev–Trinajstić information content (AvgIpc) is 2.97. The number of carbonyl (C=O) groups excluding carboxylic acids is 1. The maximum absolute atomic E-state index is 12.5. The molecule has 1 heterocycles. The number of H-pyrrole nitrogens is 1. The molecule has 0 saturated heterocycles. The predicted molar refractivity (Wildman–Crippen MR) is 80.9 cm³/mol. The number of halogens is 1. The first kappa shape index (κ1) is 16.8. The number of aliphatic hydroxyl groups excluding tert-OH is 1. The van der Waals surface area contributed by atoms with Crippen molar-refractivity contribution >= 4 is 38.9 Å². The highest BCUT2D eigenvalue weighted by atomic mass is 35.5. The van der Waals surface area contributed by atoms with Gasteiger partial charge in [-0.3, -0.25) is 4.79 Å². The van der Waals surface area contributed by atoms with Crippen molar-refractivity contribution in [1.29, 1.82) is 0 Å². The number of ketones is 1. The summed E-state index contributed by atoms with van der Waals surface area (Å²) in [6.45, 7) is 0. The lowest BCUT2D eigenvalue weighted by atomic mass is 10.3. The van der Waals surface area contributed by atoms with Crippen molar-refractivity contribution in [3.8, 4) is 0 Å². The fraction of sp³-hybridized carbons (Fsp3) is 0. The number of carboxylic acid groups (broad SMARTS) is 1. The van der Waals surface area contributed by atoms with E-state index in [1.807, 2.05) is 0 Å². The molecule has 0 atom stereocenters. The molecule has 0 unspecified atom stereocenters. The summed E-state index contributed by atoms with van der Waals surface area (Å²) in [6, 6.07) is 6.55. The van der Waals surface area contributed by atoms with Crippen LogP contribution in [0.5, 0.6) is 0 Å². The summed E-state index contributed by atoms with van der Waals surface area (Å²) < 4.78 is 25.1. The smallest absolute Gasteiger partial charge is 0.376 e. The number of sulfone groups is 1. The molecule has 3 N–H and O–H groups in total. The fourth-order valence-electron chi connectivity index (χ4n) is 1.78. The van der Waals surface area contributed by atoms with Gasteiger partial charge in [0.1, 0.15) is 10.7 Å². The standard InChI is InChI=1S/C14H10ClNO6S/c15-8-1-3-9(4-2-8)23(21,22)12-5-6-16-13(12)10(17)7-11(18)14(19)20/h1-7,16-17H,(H,19,20). The van der Waals surface area contributed by atoms with E-state index < -0.39 is 27.3 Å². The molecule has 1 aromatic heterocycles. The van der Waals surface area contributed by atoms with Crippen molar-refractivity contribution in [3.05, 3.63) is 53.3 Å². The summed E-state index contributed by atoms with van der Waals surface area (Å²) in [4.78, 5) is 23.7. The number of nitrogens with one attached hydrogen (secondary N) is 1. The van der Waals surface area contributed by atoms with Crippen LogP contribution in [-0.4, -0.2) is 35.4 Å². The van der Waals surface area contributed by atoms with Crippen molar-refractivity contribution < 1.29 is 28.2 Å². The summed E-state index contributed by atoms with van der Waals surface area (Å²) in [6.07, 6.45) is 1.67. The van der Waals surface area contributed by atoms with Crippen LogP contribution in [0, 0.1) is 0 Å². The molecule has 0 radical (unpaired) electrons. The van der Waals surface area contributed by atoms with Crippen LogP contribution in [0.3, 0.4) is 0 Å². The molecule has 2 rings (SSSR count). The molecule has 0 spiro atoms. The van der Waals surface area contributed by atoms with Gasteiger partial charge in [0, 0.05) is 17.3 Å². The summed E-state index contributed by atoms with van der Waals surface area (Å²) in [5.41, 5.74) is -0.283. The summed E-state index contributed by atoms with van der Waals surface area (Å²) in [5.74, 6) is -3.95.